The molecule has 6 heteroatoms. The largest absolute Gasteiger partial charge is 0.439 e. The van der Waals surface area contributed by atoms with Crippen LogP contribution in [0.4, 0.5) is 10.1 Å². The van der Waals surface area contributed by atoms with Crippen LogP contribution >= 0.6 is 0 Å². The number of amides is 1. The lowest BCUT2D eigenvalue weighted by Gasteiger charge is -2.12. The molecular formula is C26H24FN3O2. The van der Waals surface area contributed by atoms with Crippen LogP contribution in [0.2, 0.25) is 0 Å². The van der Waals surface area contributed by atoms with Gasteiger partial charge in [-0.3, -0.25) is 4.79 Å². The van der Waals surface area contributed by atoms with Crippen LogP contribution in [0, 0.1) is 19.7 Å². The zero-order chi connectivity index (χ0) is 22.5. The third-order valence-corrected chi connectivity index (χ3v) is 5.07. The van der Waals surface area contributed by atoms with Gasteiger partial charge in [-0.25, -0.2) is 9.07 Å². The fourth-order valence-electron chi connectivity index (χ4n) is 3.46. The number of nitrogens with zero attached hydrogens (tertiary/aromatic N) is 2. The molecule has 4 rings (SSSR count). The highest BCUT2D eigenvalue weighted by atomic mass is 19.1. The molecule has 0 aliphatic heterocycles. The second-order valence-electron chi connectivity index (χ2n) is 7.59. The Labute approximate surface area is 186 Å². The molecule has 162 valence electrons. The van der Waals surface area contributed by atoms with Gasteiger partial charge in [0.1, 0.15) is 11.6 Å². The Morgan fingerprint density at radius 1 is 1.00 bits per heavy atom. The predicted octanol–water partition coefficient (Wildman–Crippen LogP) is 5.99. The lowest BCUT2D eigenvalue weighted by atomic mass is 10.1. The van der Waals surface area contributed by atoms with E-state index in [0.717, 1.165) is 22.5 Å². The highest BCUT2D eigenvalue weighted by molar-refractivity contribution is 5.90. The number of carbonyl (C=O) groups excluding carboxylic acids is 1. The molecule has 0 spiro atoms. The van der Waals surface area contributed by atoms with Gasteiger partial charge in [-0.15, -0.1) is 0 Å². The molecule has 1 aromatic heterocycles. The Balaban J connectivity index is 1.60. The summed E-state index contributed by atoms with van der Waals surface area (Å²) in [6.07, 6.45) is 0.690. The molecule has 1 heterocycles. The van der Waals surface area contributed by atoms with Gasteiger partial charge in [0.25, 0.3) is 0 Å². The van der Waals surface area contributed by atoms with Crippen LogP contribution in [0.25, 0.3) is 5.69 Å². The minimum atomic E-state index is -0.343. The number of para-hydroxylation sites is 1. The van der Waals surface area contributed by atoms with Gasteiger partial charge in [0.2, 0.25) is 11.8 Å². The smallest absolute Gasteiger partial charge is 0.226 e. The number of rotatable bonds is 7. The minimum Gasteiger partial charge on any atom is -0.439 e. The van der Waals surface area contributed by atoms with Crippen molar-refractivity contribution in [2.24, 2.45) is 0 Å². The van der Waals surface area contributed by atoms with Crippen LogP contribution in [0.1, 0.15) is 23.2 Å². The average Bonchev–Trinajstić information content (AvgIpc) is 3.09. The van der Waals surface area contributed by atoms with Crippen LogP contribution in [-0.4, -0.2) is 15.7 Å². The Kier molecular flexibility index (Phi) is 6.31. The Bertz CT molecular complexity index is 1220. The number of ether oxygens (including phenoxy) is 1. The van der Waals surface area contributed by atoms with E-state index in [0.29, 0.717) is 23.7 Å². The Hall–Kier alpha value is -3.93. The highest BCUT2D eigenvalue weighted by Crippen LogP contribution is 2.31. The van der Waals surface area contributed by atoms with Crippen molar-refractivity contribution in [3.63, 3.8) is 0 Å². The van der Waals surface area contributed by atoms with Gasteiger partial charge >= 0.3 is 0 Å². The lowest BCUT2D eigenvalue weighted by molar-refractivity contribution is -0.116. The highest BCUT2D eigenvalue weighted by Gasteiger charge is 2.20. The van der Waals surface area contributed by atoms with E-state index in [1.54, 1.807) is 4.68 Å². The molecule has 3 aromatic carbocycles. The number of hydrogen-bond donors (Lipinski definition) is 1. The summed E-state index contributed by atoms with van der Waals surface area (Å²) >= 11 is 0. The van der Waals surface area contributed by atoms with Gasteiger partial charge < -0.3 is 10.1 Å². The third kappa shape index (κ3) is 5.03. The molecule has 5 nitrogen and oxygen atoms in total. The number of aromatic nitrogens is 2. The van der Waals surface area contributed by atoms with Crippen LogP contribution in [0.5, 0.6) is 11.6 Å². The van der Waals surface area contributed by atoms with Crippen molar-refractivity contribution in [1.29, 1.82) is 0 Å². The fraction of sp³-hybridized carbons (Fsp3) is 0.154. The summed E-state index contributed by atoms with van der Waals surface area (Å²) < 4.78 is 21.1. The molecule has 0 saturated carbocycles. The maximum Gasteiger partial charge on any atom is 0.226 e. The number of benzene rings is 3. The summed E-state index contributed by atoms with van der Waals surface area (Å²) in [5.74, 6) is 0.780. The van der Waals surface area contributed by atoms with E-state index < -0.39 is 0 Å². The topological polar surface area (TPSA) is 56.2 Å². The first-order valence-corrected chi connectivity index (χ1v) is 10.4. The van der Waals surface area contributed by atoms with Gasteiger partial charge in [0.05, 0.1) is 11.4 Å². The molecule has 0 saturated heterocycles. The molecule has 0 radical (unpaired) electrons. The van der Waals surface area contributed by atoms with Crippen LogP contribution < -0.4 is 10.1 Å². The molecule has 32 heavy (non-hydrogen) atoms. The zero-order valence-corrected chi connectivity index (χ0v) is 18.0. The van der Waals surface area contributed by atoms with Crippen molar-refractivity contribution >= 4 is 11.6 Å². The van der Waals surface area contributed by atoms with Crippen LogP contribution in [-0.2, 0) is 11.2 Å². The standard InChI is InChI=1S/C26H24FN3O2/c1-18-7-6-8-22(17-18)30-26(32-23-9-4-3-5-10-23)24(19(2)29-30)15-16-25(31)28-21-13-11-20(27)12-14-21/h3-14,17H,15-16H2,1-2H3,(H,28,31). The van der Waals surface area contributed by atoms with Crippen molar-refractivity contribution in [2.75, 3.05) is 5.32 Å². The maximum absolute atomic E-state index is 13.1. The Morgan fingerprint density at radius 2 is 1.75 bits per heavy atom. The molecule has 0 unspecified atom stereocenters. The van der Waals surface area contributed by atoms with Crippen molar-refractivity contribution in [3.05, 3.63) is 102 Å². The van der Waals surface area contributed by atoms with Gasteiger partial charge in [-0.05, 0) is 74.4 Å². The van der Waals surface area contributed by atoms with E-state index in [9.17, 15) is 9.18 Å². The number of halogens is 1. The SMILES string of the molecule is Cc1cccc(-n2nc(C)c(CCC(=O)Nc3ccc(F)cc3)c2Oc2ccccc2)c1. The van der Waals surface area contributed by atoms with Crippen molar-refractivity contribution in [3.8, 4) is 17.3 Å². The fourth-order valence-corrected chi connectivity index (χ4v) is 3.46. The second kappa shape index (κ2) is 9.47. The number of anilines is 1. The first-order chi connectivity index (χ1) is 15.5. The molecule has 0 aliphatic carbocycles. The van der Waals surface area contributed by atoms with Gasteiger partial charge in [0.15, 0.2) is 0 Å². The second-order valence-corrected chi connectivity index (χ2v) is 7.59. The van der Waals surface area contributed by atoms with Crippen molar-refractivity contribution < 1.29 is 13.9 Å². The van der Waals surface area contributed by atoms with Crippen LogP contribution in [0.3, 0.4) is 0 Å². The molecule has 0 atom stereocenters. The van der Waals surface area contributed by atoms with Gasteiger partial charge in [0, 0.05) is 17.7 Å². The average molecular weight is 429 g/mol. The summed E-state index contributed by atoms with van der Waals surface area (Å²) in [4.78, 5) is 12.5. The number of hydrogen-bond acceptors (Lipinski definition) is 3. The normalized spacial score (nSPS) is 10.7. The first-order valence-electron chi connectivity index (χ1n) is 10.4. The van der Waals surface area contributed by atoms with Gasteiger partial charge in [-0.2, -0.15) is 5.10 Å². The summed E-state index contributed by atoms with van der Waals surface area (Å²) in [5, 5.41) is 7.51. The van der Waals surface area contributed by atoms with Gasteiger partial charge in [-0.1, -0.05) is 30.3 Å². The zero-order valence-electron chi connectivity index (χ0n) is 18.0. The van der Waals surface area contributed by atoms with E-state index in [4.69, 9.17) is 9.84 Å². The lowest BCUT2D eigenvalue weighted by Crippen LogP contribution is -2.12. The Morgan fingerprint density at radius 3 is 2.47 bits per heavy atom. The minimum absolute atomic E-state index is 0.162. The van der Waals surface area contributed by atoms with E-state index in [-0.39, 0.29) is 18.1 Å². The maximum atomic E-state index is 13.1. The summed E-state index contributed by atoms with van der Waals surface area (Å²) in [6, 6.07) is 23.2. The molecule has 0 fully saturated rings. The number of aryl methyl sites for hydroxylation is 2. The molecule has 0 bridgehead atoms. The van der Waals surface area contributed by atoms with E-state index in [2.05, 4.69) is 5.32 Å². The molecule has 0 aliphatic rings. The third-order valence-electron chi connectivity index (χ3n) is 5.07. The molecular weight excluding hydrogens is 405 g/mol. The summed E-state index contributed by atoms with van der Waals surface area (Å²) in [5.41, 5.74) is 4.23. The molecule has 1 N–H and O–H groups in total. The molecule has 1 amide bonds. The van der Waals surface area contributed by atoms with Crippen LogP contribution in [0.15, 0.2) is 78.9 Å². The van der Waals surface area contributed by atoms with E-state index >= 15 is 0 Å². The first kappa shape index (κ1) is 21.3. The monoisotopic (exact) mass is 429 g/mol. The molecule has 4 aromatic rings. The van der Waals surface area contributed by atoms with E-state index in [1.165, 1.54) is 24.3 Å². The van der Waals surface area contributed by atoms with Crippen molar-refractivity contribution in [2.45, 2.75) is 26.7 Å². The number of nitrogens with one attached hydrogen (secondary N) is 1. The van der Waals surface area contributed by atoms with Crippen molar-refractivity contribution in [1.82, 2.24) is 9.78 Å². The quantitative estimate of drug-likeness (QED) is 0.392. The summed E-state index contributed by atoms with van der Waals surface area (Å²) in [6.45, 7) is 3.94. The summed E-state index contributed by atoms with van der Waals surface area (Å²) in [7, 11) is 0. The van der Waals surface area contributed by atoms with E-state index in [1.807, 2.05) is 68.4 Å². The predicted molar refractivity (Wildman–Crippen MR) is 123 cm³/mol. The number of carbonyl (C=O) groups is 1.